The first-order chi connectivity index (χ1) is 8.26. The van der Waals surface area contributed by atoms with Gasteiger partial charge in [0.2, 0.25) is 5.88 Å². The van der Waals surface area contributed by atoms with Gasteiger partial charge in [-0.25, -0.2) is 0 Å². The number of rotatable bonds is 3. The Balaban J connectivity index is 3.41. The summed E-state index contributed by atoms with van der Waals surface area (Å²) in [6.45, 7) is 3.47. The number of aromatic amines is 1. The van der Waals surface area contributed by atoms with Gasteiger partial charge in [-0.05, 0) is 18.3 Å². The summed E-state index contributed by atoms with van der Waals surface area (Å²) in [7, 11) is 0. The SMILES string of the molecule is C=CCn1c(O)c(C=CC(F)(F)F)c(=O)[nH]c1=S. The van der Waals surface area contributed by atoms with Crippen LogP contribution in [0.2, 0.25) is 0 Å². The predicted octanol–water partition coefficient (Wildman–Crippen LogP) is 2.37. The fourth-order valence-corrected chi connectivity index (χ4v) is 1.46. The van der Waals surface area contributed by atoms with Gasteiger partial charge >= 0.3 is 6.18 Å². The van der Waals surface area contributed by atoms with Crippen LogP contribution in [-0.2, 0) is 6.54 Å². The molecule has 98 valence electrons. The van der Waals surface area contributed by atoms with Crippen LogP contribution < -0.4 is 5.56 Å². The summed E-state index contributed by atoms with van der Waals surface area (Å²) < 4.78 is 37.0. The Bertz CT molecular complexity index is 599. The Labute approximate surface area is 105 Å². The van der Waals surface area contributed by atoms with Crippen molar-refractivity contribution in [3.8, 4) is 5.88 Å². The second-order valence-corrected chi connectivity index (χ2v) is 3.66. The van der Waals surface area contributed by atoms with E-state index in [9.17, 15) is 23.1 Å². The number of hydrogen-bond donors (Lipinski definition) is 2. The molecule has 0 amide bonds. The van der Waals surface area contributed by atoms with Crippen molar-refractivity contribution in [1.82, 2.24) is 9.55 Å². The first-order valence-electron chi connectivity index (χ1n) is 4.69. The monoisotopic (exact) mass is 278 g/mol. The van der Waals surface area contributed by atoms with E-state index in [2.05, 4.69) is 11.6 Å². The lowest BCUT2D eigenvalue weighted by atomic mass is 10.3. The number of aromatic nitrogens is 2. The van der Waals surface area contributed by atoms with Gasteiger partial charge in [0, 0.05) is 12.6 Å². The normalized spacial score (nSPS) is 11.9. The van der Waals surface area contributed by atoms with Gasteiger partial charge in [-0.3, -0.25) is 14.3 Å². The Morgan fingerprint density at radius 3 is 2.61 bits per heavy atom. The maximum absolute atomic E-state index is 12.0. The lowest BCUT2D eigenvalue weighted by molar-refractivity contribution is -0.0790. The van der Waals surface area contributed by atoms with Crippen molar-refractivity contribution < 1.29 is 18.3 Å². The van der Waals surface area contributed by atoms with Crippen LogP contribution in [0.1, 0.15) is 5.56 Å². The fraction of sp³-hybridized carbons (Fsp3) is 0.200. The number of aromatic hydroxyl groups is 1. The van der Waals surface area contributed by atoms with Crippen molar-refractivity contribution in [1.29, 1.82) is 0 Å². The minimum absolute atomic E-state index is 0.0638. The molecule has 0 spiro atoms. The van der Waals surface area contributed by atoms with Crippen LogP contribution in [0.15, 0.2) is 23.5 Å². The summed E-state index contributed by atoms with van der Waals surface area (Å²) in [5.41, 5.74) is -1.40. The molecule has 0 fully saturated rings. The van der Waals surface area contributed by atoms with Crippen molar-refractivity contribution in [2.75, 3.05) is 0 Å². The number of H-pyrrole nitrogens is 1. The molecule has 0 aliphatic carbocycles. The summed E-state index contributed by atoms with van der Waals surface area (Å²) in [6, 6.07) is 0. The Kier molecular flexibility index (Phi) is 4.12. The van der Waals surface area contributed by atoms with Crippen LogP contribution in [0, 0.1) is 4.77 Å². The minimum atomic E-state index is -4.57. The van der Waals surface area contributed by atoms with Crippen molar-refractivity contribution >= 4 is 18.3 Å². The lowest BCUT2D eigenvalue weighted by Crippen LogP contribution is -2.16. The van der Waals surface area contributed by atoms with Crippen LogP contribution in [-0.4, -0.2) is 20.8 Å². The zero-order valence-electron chi connectivity index (χ0n) is 8.99. The predicted molar refractivity (Wildman–Crippen MR) is 62.8 cm³/mol. The van der Waals surface area contributed by atoms with Crippen LogP contribution in [0.4, 0.5) is 13.2 Å². The van der Waals surface area contributed by atoms with Gasteiger partial charge in [0.1, 0.15) is 0 Å². The van der Waals surface area contributed by atoms with E-state index < -0.39 is 23.2 Å². The number of hydrogen-bond acceptors (Lipinski definition) is 3. The quantitative estimate of drug-likeness (QED) is 0.659. The number of allylic oxidation sites excluding steroid dienone is 2. The van der Waals surface area contributed by atoms with E-state index >= 15 is 0 Å². The molecule has 0 aliphatic heterocycles. The highest BCUT2D eigenvalue weighted by Crippen LogP contribution is 2.20. The Morgan fingerprint density at radius 1 is 1.50 bits per heavy atom. The molecule has 0 bridgehead atoms. The van der Waals surface area contributed by atoms with Gasteiger partial charge in [-0.15, -0.1) is 6.58 Å². The average Bonchev–Trinajstić information content (AvgIpc) is 2.22. The number of nitrogens with one attached hydrogen (secondary N) is 1. The Morgan fingerprint density at radius 2 is 2.11 bits per heavy atom. The van der Waals surface area contributed by atoms with Crippen LogP contribution in [0.5, 0.6) is 5.88 Å². The fourth-order valence-electron chi connectivity index (χ4n) is 1.20. The Hall–Kier alpha value is -1.83. The van der Waals surface area contributed by atoms with Crippen molar-refractivity contribution in [3.05, 3.63) is 39.4 Å². The topological polar surface area (TPSA) is 58.0 Å². The number of halogens is 3. The maximum atomic E-state index is 12.0. The van der Waals surface area contributed by atoms with Crippen molar-refractivity contribution in [3.63, 3.8) is 0 Å². The molecule has 0 atom stereocenters. The molecule has 0 saturated carbocycles. The average molecular weight is 278 g/mol. The third-order valence-electron chi connectivity index (χ3n) is 1.96. The molecule has 2 N–H and O–H groups in total. The zero-order chi connectivity index (χ0) is 13.9. The van der Waals surface area contributed by atoms with E-state index in [1.807, 2.05) is 0 Å². The summed E-state index contributed by atoms with van der Waals surface area (Å²) in [5, 5.41) is 9.69. The summed E-state index contributed by atoms with van der Waals surface area (Å²) in [4.78, 5) is 13.6. The van der Waals surface area contributed by atoms with Gasteiger partial charge in [0.15, 0.2) is 4.77 Å². The highest BCUT2D eigenvalue weighted by molar-refractivity contribution is 7.71. The van der Waals surface area contributed by atoms with E-state index in [1.54, 1.807) is 0 Å². The van der Waals surface area contributed by atoms with Crippen molar-refractivity contribution in [2.24, 2.45) is 0 Å². The largest absolute Gasteiger partial charge is 0.494 e. The van der Waals surface area contributed by atoms with E-state index in [1.165, 1.54) is 6.08 Å². The van der Waals surface area contributed by atoms with E-state index in [4.69, 9.17) is 12.2 Å². The smallest absolute Gasteiger partial charge is 0.409 e. The molecular weight excluding hydrogens is 269 g/mol. The number of nitrogens with zero attached hydrogens (tertiary/aromatic N) is 1. The molecule has 1 aromatic heterocycles. The lowest BCUT2D eigenvalue weighted by Gasteiger charge is -2.08. The third kappa shape index (κ3) is 3.33. The first kappa shape index (κ1) is 14.2. The standard InChI is InChI=1S/C10H9F3N2O2S/c1-2-5-15-8(17)6(3-4-10(11,12)13)7(16)14-9(15)18/h2-4,17H,1,5H2,(H,14,16,18). The molecule has 8 heteroatoms. The molecule has 0 saturated heterocycles. The molecule has 1 aromatic rings. The molecule has 0 aromatic carbocycles. The van der Waals surface area contributed by atoms with Crippen LogP contribution >= 0.6 is 12.2 Å². The molecule has 18 heavy (non-hydrogen) atoms. The van der Waals surface area contributed by atoms with Gasteiger partial charge in [-0.2, -0.15) is 13.2 Å². The molecular formula is C10H9F3N2O2S. The zero-order valence-corrected chi connectivity index (χ0v) is 9.81. The molecule has 1 rings (SSSR count). The van der Waals surface area contributed by atoms with Crippen LogP contribution in [0.3, 0.4) is 0 Å². The van der Waals surface area contributed by atoms with Crippen LogP contribution in [0.25, 0.3) is 6.08 Å². The highest BCUT2D eigenvalue weighted by atomic mass is 32.1. The van der Waals surface area contributed by atoms with Gasteiger partial charge in [0.25, 0.3) is 5.56 Å². The van der Waals surface area contributed by atoms with Gasteiger partial charge in [-0.1, -0.05) is 6.08 Å². The third-order valence-corrected chi connectivity index (χ3v) is 2.28. The van der Waals surface area contributed by atoms with Gasteiger partial charge < -0.3 is 5.11 Å². The summed E-state index contributed by atoms with van der Waals surface area (Å²) >= 11 is 4.76. The van der Waals surface area contributed by atoms with E-state index in [0.29, 0.717) is 6.08 Å². The van der Waals surface area contributed by atoms with Gasteiger partial charge in [0.05, 0.1) is 5.56 Å². The molecule has 4 nitrogen and oxygen atoms in total. The van der Waals surface area contributed by atoms with E-state index in [0.717, 1.165) is 4.57 Å². The summed E-state index contributed by atoms with van der Waals surface area (Å²) in [6.07, 6.45) is -2.85. The first-order valence-corrected chi connectivity index (χ1v) is 5.10. The summed E-state index contributed by atoms with van der Waals surface area (Å²) in [5.74, 6) is -0.635. The second kappa shape index (κ2) is 5.21. The molecule has 0 radical (unpaired) electrons. The molecule has 0 aliphatic rings. The minimum Gasteiger partial charge on any atom is -0.494 e. The second-order valence-electron chi connectivity index (χ2n) is 3.27. The van der Waals surface area contributed by atoms with Crippen molar-refractivity contribution in [2.45, 2.75) is 12.7 Å². The van der Waals surface area contributed by atoms with E-state index in [-0.39, 0.29) is 17.4 Å². The molecule has 0 unspecified atom stereocenters. The number of alkyl halides is 3. The highest BCUT2D eigenvalue weighted by Gasteiger charge is 2.23. The molecule has 1 heterocycles. The maximum Gasteiger partial charge on any atom is 0.409 e.